The molecule has 1 amide bonds. The third kappa shape index (κ3) is 4.60. The van der Waals surface area contributed by atoms with Crippen molar-refractivity contribution in [2.75, 3.05) is 14.2 Å². The van der Waals surface area contributed by atoms with Crippen LogP contribution in [0.1, 0.15) is 5.56 Å². The van der Waals surface area contributed by atoms with Crippen LogP contribution in [-0.2, 0) is 25.6 Å². The summed E-state index contributed by atoms with van der Waals surface area (Å²) >= 11 is 0. The van der Waals surface area contributed by atoms with Gasteiger partial charge in [-0.2, -0.15) is 21.6 Å². The lowest BCUT2D eigenvalue weighted by Crippen LogP contribution is -2.36. The predicted octanol–water partition coefficient (Wildman–Crippen LogP) is 1.48. The van der Waals surface area contributed by atoms with E-state index in [-0.39, 0.29) is 11.5 Å². The molecule has 0 aliphatic carbocycles. The van der Waals surface area contributed by atoms with Crippen LogP contribution in [0.5, 0.6) is 5.75 Å². The average molecular weight is 327 g/mol. The van der Waals surface area contributed by atoms with Gasteiger partial charge in [-0.3, -0.25) is 4.79 Å². The molecule has 0 spiro atoms. The number of alkyl halides is 3. The van der Waals surface area contributed by atoms with E-state index >= 15 is 0 Å². The van der Waals surface area contributed by atoms with Gasteiger partial charge in [0.2, 0.25) is 0 Å². The molecule has 0 bridgehead atoms. The molecule has 0 N–H and O–H groups in total. The Labute approximate surface area is 119 Å². The summed E-state index contributed by atoms with van der Waals surface area (Å²) < 4.78 is 66.5. The van der Waals surface area contributed by atoms with Crippen molar-refractivity contribution in [1.82, 2.24) is 5.06 Å². The quantitative estimate of drug-likeness (QED) is 0.605. The van der Waals surface area contributed by atoms with E-state index < -0.39 is 21.5 Å². The zero-order valence-electron chi connectivity index (χ0n) is 11.0. The molecular formula is C11H12F3NO5S. The summed E-state index contributed by atoms with van der Waals surface area (Å²) in [5.74, 6) is -0.511. The van der Waals surface area contributed by atoms with Gasteiger partial charge in [-0.25, -0.2) is 5.06 Å². The second kappa shape index (κ2) is 6.31. The number of carbonyl (C=O) groups excluding carboxylic acids is 1. The van der Waals surface area contributed by atoms with Crippen LogP contribution in [0.4, 0.5) is 13.2 Å². The second-order valence-corrected chi connectivity index (χ2v) is 5.41. The number of ether oxygens (including phenoxy) is 1. The molecule has 0 aliphatic rings. The number of hydroxylamine groups is 2. The first-order valence-corrected chi connectivity index (χ1v) is 6.88. The number of hydrogen-bond donors (Lipinski definition) is 0. The molecule has 6 nitrogen and oxygen atoms in total. The van der Waals surface area contributed by atoms with Gasteiger partial charge in [0.1, 0.15) is 5.75 Å². The number of rotatable bonds is 5. The summed E-state index contributed by atoms with van der Waals surface area (Å²) in [5.41, 5.74) is -5.17. The van der Waals surface area contributed by atoms with Crippen molar-refractivity contribution in [3.63, 3.8) is 0 Å². The topological polar surface area (TPSA) is 72.9 Å². The molecule has 0 fully saturated rings. The van der Waals surface area contributed by atoms with Crippen LogP contribution in [0.2, 0.25) is 0 Å². The number of halogens is 3. The summed E-state index contributed by atoms with van der Waals surface area (Å²) in [7, 11) is -3.67. The fraction of sp³-hybridized carbons (Fsp3) is 0.364. The Bertz CT molecular complexity index is 615. The predicted molar refractivity (Wildman–Crippen MR) is 65.5 cm³/mol. The molecule has 0 radical (unpaired) electrons. The first kappa shape index (κ1) is 17.2. The van der Waals surface area contributed by atoms with E-state index in [4.69, 9.17) is 4.74 Å². The smallest absolute Gasteiger partial charge is 0.497 e. The molecule has 118 valence electrons. The summed E-state index contributed by atoms with van der Waals surface area (Å²) in [5, 5.41) is 0.0301. The van der Waals surface area contributed by atoms with E-state index in [0.29, 0.717) is 11.3 Å². The van der Waals surface area contributed by atoms with Crippen LogP contribution < -0.4 is 4.74 Å². The highest BCUT2D eigenvalue weighted by Gasteiger charge is 2.49. The molecule has 1 rings (SSSR count). The molecular weight excluding hydrogens is 315 g/mol. The van der Waals surface area contributed by atoms with Gasteiger partial charge >= 0.3 is 15.6 Å². The lowest BCUT2D eigenvalue weighted by Gasteiger charge is -2.17. The zero-order valence-corrected chi connectivity index (χ0v) is 11.9. The van der Waals surface area contributed by atoms with Gasteiger partial charge in [0, 0.05) is 7.05 Å². The van der Waals surface area contributed by atoms with Crippen molar-refractivity contribution in [1.29, 1.82) is 0 Å². The van der Waals surface area contributed by atoms with Gasteiger partial charge in [-0.15, -0.1) is 4.28 Å². The lowest BCUT2D eigenvalue weighted by molar-refractivity contribution is -0.154. The molecule has 0 aliphatic heterocycles. The van der Waals surface area contributed by atoms with E-state index in [1.165, 1.54) is 19.2 Å². The highest BCUT2D eigenvalue weighted by molar-refractivity contribution is 7.87. The van der Waals surface area contributed by atoms with Gasteiger partial charge in [0.15, 0.2) is 0 Å². The number of likely N-dealkylation sites (N-methyl/N-ethyl adjacent to an activating group) is 1. The Hall–Kier alpha value is -1.81. The number of carbonyl (C=O) groups is 1. The van der Waals surface area contributed by atoms with E-state index in [0.717, 1.165) is 7.05 Å². The van der Waals surface area contributed by atoms with Crippen molar-refractivity contribution < 1.29 is 35.4 Å². The Morgan fingerprint density at radius 2 is 1.95 bits per heavy atom. The maximum Gasteiger partial charge on any atom is 0.525 e. The lowest BCUT2D eigenvalue weighted by atomic mass is 10.1. The molecule has 0 saturated heterocycles. The van der Waals surface area contributed by atoms with Gasteiger partial charge in [-0.1, -0.05) is 12.1 Å². The number of benzene rings is 1. The van der Waals surface area contributed by atoms with Crippen molar-refractivity contribution >= 4 is 16.0 Å². The number of methoxy groups -OCH3 is 1. The molecule has 0 unspecified atom stereocenters. The third-order valence-electron chi connectivity index (χ3n) is 2.33. The summed E-state index contributed by atoms with van der Waals surface area (Å²) in [6.07, 6.45) is -0.346. The minimum Gasteiger partial charge on any atom is -0.497 e. The molecule has 0 saturated carbocycles. The van der Waals surface area contributed by atoms with Crippen LogP contribution >= 0.6 is 0 Å². The first-order valence-electron chi connectivity index (χ1n) is 5.47. The Kier molecular flexibility index (Phi) is 5.18. The Balaban J connectivity index is 2.76. The zero-order chi connectivity index (χ0) is 16.3. The van der Waals surface area contributed by atoms with Crippen LogP contribution in [0, 0.1) is 0 Å². The van der Waals surface area contributed by atoms with Crippen molar-refractivity contribution in [3.8, 4) is 5.75 Å². The number of amides is 1. The van der Waals surface area contributed by atoms with Crippen LogP contribution in [0.3, 0.4) is 0 Å². The van der Waals surface area contributed by atoms with Crippen molar-refractivity contribution in [2.24, 2.45) is 0 Å². The van der Waals surface area contributed by atoms with Crippen molar-refractivity contribution in [3.05, 3.63) is 29.8 Å². The second-order valence-electron chi connectivity index (χ2n) is 3.89. The minimum absolute atomic E-state index is 0.0301. The van der Waals surface area contributed by atoms with E-state index in [9.17, 15) is 26.4 Å². The fourth-order valence-electron chi connectivity index (χ4n) is 1.30. The molecule has 1 aromatic rings. The summed E-state index contributed by atoms with van der Waals surface area (Å²) in [6, 6.07) is 6.22. The van der Waals surface area contributed by atoms with Crippen molar-refractivity contribution in [2.45, 2.75) is 11.9 Å². The fourth-order valence-corrected chi connectivity index (χ4v) is 1.76. The Morgan fingerprint density at radius 3 is 2.48 bits per heavy atom. The summed E-state index contributed by atoms with van der Waals surface area (Å²) in [6.45, 7) is 0. The molecule has 10 heteroatoms. The van der Waals surface area contributed by atoms with Crippen LogP contribution in [-0.4, -0.2) is 39.1 Å². The van der Waals surface area contributed by atoms with E-state index in [1.54, 1.807) is 12.1 Å². The third-order valence-corrected chi connectivity index (χ3v) is 3.32. The molecule has 0 aromatic heterocycles. The van der Waals surface area contributed by atoms with Crippen LogP contribution in [0.25, 0.3) is 0 Å². The standard InChI is InChI=1S/C11H12F3NO5S/c1-15(20-21(17,18)11(12,13)14)10(16)7-8-4-3-5-9(6-8)19-2/h3-6H,7H2,1-2H3. The van der Waals surface area contributed by atoms with Crippen LogP contribution in [0.15, 0.2) is 24.3 Å². The molecule has 21 heavy (non-hydrogen) atoms. The minimum atomic E-state index is -5.87. The molecule has 0 heterocycles. The largest absolute Gasteiger partial charge is 0.525 e. The summed E-state index contributed by atoms with van der Waals surface area (Å²) in [4.78, 5) is 11.6. The molecule has 1 aromatic carbocycles. The maximum atomic E-state index is 12.1. The number of hydrogen-bond acceptors (Lipinski definition) is 5. The van der Waals surface area contributed by atoms with Gasteiger partial charge in [0.05, 0.1) is 13.5 Å². The highest BCUT2D eigenvalue weighted by atomic mass is 32.2. The maximum absolute atomic E-state index is 12.1. The monoisotopic (exact) mass is 327 g/mol. The highest BCUT2D eigenvalue weighted by Crippen LogP contribution is 2.25. The SMILES string of the molecule is COc1cccc(CC(=O)N(C)OS(=O)(=O)C(F)(F)F)c1. The van der Waals surface area contributed by atoms with E-state index in [1.807, 2.05) is 0 Å². The van der Waals surface area contributed by atoms with Gasteiger partial charge in [-0.05, 0) is 17.7 Å². The van der Waals surface area contributed by atoms with E-state index in [2.05, 4.69) is 4.28 Å². The first-order chi connectivity index (χ1) is 9.56. The van der Waals surface area contributed by atoms with Gasteiger partial charge < -0.3 is 4.74 Å². The van der Waals surface area contributed by atoms with Gasteiger partial charge in [0.25, 0.3) is 5.91 Å². The number of nitrogens with zero attached hydrogens (tertiary/aromatic N) is 1. The molecule has 0 atom stereocenters. The average Bonchev–Trinajstić information content (AvgIpc) is 2.37. The normalized spacial score (nSPS) is 12.0. The Morgan fingerprint density at radius 1 is 1.33 bits per heavy atom.